The molecule has 29 heavy (non-hydrogen) atoms. The maximum absolute atomic E-state index is 12.3. The van der Waals surface area contributed by atoms with Crippen LogP contribution in [-0.4, -0.2) is 23.0 Å². The van der Waals surface area contributed by atoms with Gasteiger partial charge in [0.1, 0.15) is 17.5 Å². The quantitative estimate of drug-likeness (QED) is 0.458. The van der Waals surface area contributed by atoms with E-state index in [1.165, 1.54) is 25.3 Å². The maximum Gasteiger partial charge on any atom is 0.339 e. The fourth-order valence-corrected chi connectivity index (χ4v) is 2.60. The first-order valence-corrected chi connectivity index (χ1v) is 9.29. The maximum atomic E-state index is 12.3. The number of carbonyl (C=O) groups is 2. The van der Waals surface area contributed by atoms with Gasteiger partial charge in [0, 0.05) is 11.9 Å². The molecule has 6 nitrogen and oxygen atoms in total. The van der Waals surface area contributed by atoms with E-state index in [1.54, 1.807) is 24.3 Å². The number of nitrogens with one attached hydrogen (secondary N) is 1. The first-order chi connectivity index (χ1) is 14.0. The molecule has 1 aromatic heterocycles. The average Bonchev–Trinajstić information content (AvgIpc) is 2.74. The van der Waals surface area contributed by atoms with Crippen LogP contribution in [0, 0.1) is 0 Å². The van der Waals surface area contributed by atoms with Gasteiger partial charge in [-0.3, -0.25) is 4.79 Å². The number of hydrogen-bond acceptors (Lipinski definition) is 5. The summed E-state index contributed by atoms with van der Waals surface area (Å²) in [5.41, 5.74) is 1.86. The summed E-state index contributed by atoms with van der Waals surface area (Å²) in [7, 11) is 0. The van der Waals surface area contributed by atoms with Crippen LogP contribution >= 0.6 is 11.6 Å². The van der Waals surface area contributed by atoms with E-state index < -0.39 is 18.0 Å². The van der Waals surface area contributed by atoms with E-state index in [0.29, 0.717) is 18.0 Å². The highest BCUT2D eigenvalue weighted by molar-refractivity contribution is 6.29. The van der Waals surface area contributed by atoms with Crippen LogP contribution in [0.5, 0.6) is 5.75 Å². The Morgan fingerprint density at radius 2 is 1.79 bits per heavy atom. The zero-order chi connectivity index (χ0) is 20.6. The van der Waals surface area contributed by atoms with Crippen LogP contribution < -0.4 is 10.1 Å². The zero-order valence-corrected chi connectivity index (χ0v) is 16.4. The number of esters is 1. The van der Waals surface area contributed by atoms with Gasteiger partial charge in [0.25, 0.3) is 5.91 Å². The lowest BCUT2D eigenvalue weighted by atomic mass is 10.2. The van der Waals surface area contributed by atoms with Gasteiger partial charge in [-0.05, 0) is 48.9 Å². The van der Waals surface area contributed by atoms with Crippen LogP contribution in [0.15, 0.2) is 72.9 Å². The van der Waals surface area contributed by atoms with Crippen molar-refractivity contribution in [3.05, 3.63) is 89.2 Å². The summed E-state index contributed by atoms with van der Waals surface area (Å²) < 4.78 is 10.9. The predicted molar refractivity (Wildman–Crippen MR) is 110 cm³/mol. The number of nitrogens with zero attached hydrogens (tertiary/aromatic N) is 1. The first-order valence-electron chi connectivity index (χ1n) is 8.91. The third-order valence-corrected chi connectivity index (χ3v) is 4.19. The van der Waals surface area contributed by atoms with Crippen molar-refractivity contribution >= 4 is 29.2 Å². The molecule has 0 unspecified atom stereocenters. The Kier molecular flexibility index (Phi) is 6.81. The van der Waals surface area contributed by atoms with Crippen molar-refractivity contribution in [3.63, 3.8) is 0 Å². The molecule has 7 heteroatoms. The minimum Gasteiger partial charge on any atom is -0.489 e. The molecule has 3 aromatic rings. The van der Waals surface area contributed by atoms with E-state index in [-0.39, 0.29) is 10.7 Å². The number of anilines is 1. The molecule has 3 rings (SSSR count). The van der Waals surface area contributed by atoms with Gasteiger partial charge in [-0.15, -0.1) is 0 Å². The summed E-state index contributed by atoms with van der Waals surface area (Å²) in [4.78, 5) is 28.2. The number of halogens is 1. The molecule has 0 bridgehead atoms. The van der Waals surface area contributed by atoms with Crippen LogP contribution in [0.2, 0.25) is 5.15 Å². The standard InChI is InChI=1S/C22H19ClN2O4/c1-15(29-22(27)17-11-12-24-20(23)13-17)21(26)25-18-7-9-19(10-8-18)28-14-16-5-3-2-4-6-16/h2-13,15H,14H2,1H3,(H,25,26)/t15-/m1/s1. The van der Waals surface area contributed by atoms with E-state index >= 15 is 0 Å². The summed E-state index contributed by atoms with van der Waals surface area (Å²) in [6.07, 6.45) is 0.411. The van der Waals surface area contributed by atoms with Gasteiger partial charge in [-0.2, -0.15) is 0 Å². The molecule has 0 aliphatic heterocycles. The largest absolute Gasteiger partial charge is 0.489 e. The Bertz CT molecular complexity index is 978. The third kappa shape index (κ3) is 6.05. The monoisotopic (exact) mass is 410 g/mol. The molecule has 1 N–H and O–H groups in total. The van der Waals surface area contributed by atoms with E-state index in [9.17, 15) is 9.59 Å². The Morgan fingerprint density at radius 1 is 1.07 bits per heavy atom. The van der Waals surface area contributed by atoms with Crippen molar-refractivity contribution in [2.24, 2.45) is 0 Å². The highest BCUT2D eigenvalue weighted by Gasteiger charge is 2.19. The number of amides is 1. The zero-order valence-electron chi connectivity index (χ0n) is 15.7. The molecule has 1 atom stereocenters. The van der Waals surface area contributed by atoms with Gasteiger partial charge in [-0.25, -0.2) is 9.78 Å². The Labute approximate surface area is 173 Å². The van der Waals surface area contributed by atoms with Crippen LogP contribution in [-0.2, 0) is 16.1 Å². The Morgan fingerprint density at radius 3 is 2.48 bits per heavy atom. The van der Waals surface area contributed by atoms with Crippen LogP contribution in [0.25, 0.3) is 0 Å². The Balaban J connectivity index is 1.51. The second-order valence-electron chi connectivity index (χ2n) is 6.20. The van der Waals surface area contributed by atoms with Crippen molar-refractivity contribution in [2.45, 2.75) is 19.6 Å². The molecule has 0 saturated heterocycles. The fourth-order valence-electron chi connectivity index (χ4n) is 2.43. The summed E-state index contributed by atoms with van der Waals surface area (Å²) in [6.45, 7) is 1.95. The molecule has 0 fully saturated rings. The third-order valence-electron chi connectivity index (χ3n) is 3.99. The number of hydrogen-bond donors (Lipinski definition) is 1. The van der Waals surface area contributed by atoms with E-state index in [4.69, 9.17) is 21.1 Å². The molecular weight excluding hydrogens is 392 g/mol. The van der Waals surface area contributed by atoms with Crippen molar-refractivity contribution < 1.29 is 19.1 Å². The lowest BCUT2D eigenvalue weighted by molar-refractivity contribution is -0.123. The molecule has 0 radical (unpaired) electrons. The summed E-state index contributed by atoms with van der Waals surface area (Å²) in [5.74, 6) is -0.418. The van der Waals surface area contributed by atoms with Crippen LogP contribution in [0.1, 0.15) is 22.8 Å². The van der Waals surface area contributed by atoms with Gasteiger partial charge >= 0.3 is 5.97 Å². The summed E-state index contributed by atoms with van der Waals surface area (Å²) in [6, 6.07) is 19.6. The molecule has 1 heterocycles. The predicted octanol–water partition coefficient (Wildman–Crippen LogP) is 4.50. The summed E-state index contributed by atoms with van der Waals surface area (Å²) >= 11 is 5.76. The first kappa shape index (κ1) is 20.4. The molecule has 0 spiro atoms. The van der Waals surface area contributed by atoms with E-state index in [1.807, 2.05) is 30.3 Å². The fraction of sp³-hybridized carbons (Fsp3) is 0.136. The second kappa shape index (κ2) is 9.71. The second-order valence-corrected chi connectivity index (χ2v) is 6.59. The topological polar surface area (TPSA) is 77.5 Å². The summed E-state index contributed by atoms with van der Waals surface area (Å²) in [5, 5.41) is 2.87. The van der Waals surface area contributed by atoms with Crippen molar-refractivity contribution in [2.75, 3.05) is 5.32 Å². The van der Waals surface area contributed by atoms with Crippen molar-refractivity contribution in [1.29, 1.82) is 0 Å². The number of rotatable bonds is 7. The van der Waals surface area contributed by atoms with Crippen LogP contribution in [0.3, 0.4) is 0 Å². The molecular formula is C22H19ClN2O4. The molecule has 0 aliphatic carbocycles. The molecule has 148 valence electrons. The molecule has 0 saturated carbocycles. The minimum absolute atomic E-state index is 0.172. The minimum atomic E-state index is -0.983. The average molecular weight is 411 g/mol. The van der Waals surface area contributed by atoms with Crippen molar-refractivity contribution in [1.82, 2.24) is 4.98 Å². The van der Waals surface area contributed by atoms with Crippen molar-refractivity contribution in [3.8, 4) is 5.75 Å². The lowest BCUT2D eigenvalue weighted by Crippen LogP contribution is -2.30. The number of benzene rings is 2. The van der Waals surface area contributed by atoms with E-state index in [0.717, 1.165) is 5.56 Å². The van der Waals surface area contributed by atoms with Gasteiger partial charge in [0.05, 0.1) is 5.56 Å². The number of carbonyl (C=O) groups excluding carboxylic acids is 2. The highest BCUT2D eigenvalue weighted by atomic mass is 35.5. The van der Waals surface area contributed by atoms with Gasteiger partial charge in [0.15, 0.2) is 6.10 Å². The highest BCUT2D eigenvalue weighted by Crippen LogP contribution is 2.18. The van der Waals surface area contributed by atoms with Gasteiger partial charge < -0.3 is 14.8 Å². The number of ether oxygens (including phenoxy) is 2. The van der Waals surface area contributed by atoms with Gasteiger partial charge in [-0.1, -0.05) is 41.9 Å². The van der Waals surface area contributed by atoms with E-state index in [2.05, 4.69) is 10.3 Å². The molecule has 2 aromatic carbocycles. The smallest absolute Gasteiger partial charge is 0.339 e. The number of aromatic nitrogens is 1. The van der Waals surface area contributed by atoms with Gasteiger partial charge in [0.2, 0.25) is 0 Å². The Hall–Kier alpha value is -3.38. The number of pyridine rings is 1. The normalized spacial score (nSPS) is 11.4. The molecule has 0 aliphatic rings. The molecule has 1 amide bonds. The SMILES string of the molecule is C[C@@H](OC(=O)c1ccnc(Cl)c1)C(=O)Nc1ccc(OCc2ccccc2)cc1. The van der Waals surface area contributed by atoms with Crippen LogP contribution in [0.4, 0.5) is 5.69 Å². The lowest BCUT2D eigenvalue weighted by Gasteiger charge is -2.14.